The smallest absolute Gasteiger partial charge is 0.251 e. The lowest BCUT2D eigenvalue weighted by molar-refractivity contribution is 0.0778. The molecule has 6 N–H and O–H groups in total. The van der Waals surface area contributed by atoms with Crippen molar-refractivity contribution in [1.82, 2.24) is 21.0 Å². The molecule has 8 nitrogen and oxygen atoms in total. The molecule has 172 valence electrons. The van der Waals surface area contributed by atoms with Crippen LogP contribution in [0.25, 0.3) is 10.4 Å². The van der Waals surface area contributed by atoms with Gasteiger partial charge in [-0.25, -0.2) is 13.8 Å². The van der Waals surface area contributed by atoms with Crippen LogP contribution in [-0.4, -0.2) is 21.0 Å². The summed E-state index contributed by atoms with van der Waals surface area (Å²) in [5.74, 6) is -2.01. The Hall–Kier alpha value is -3.54. The van der Waals surface area contributed by atoms with Crippen LogP contribution in [0.5, 0.6) is 0 Å². The Balaban J connectivity index is 1.66. The molecular formula is C22H22F2N6O2S. The molecule has 4 rings (SSSR count). The normalized spacial score (nSPS) is 13.3. The van der Waals surface area contributed by atoms with Gasteiger partial charge in [-0.1, -0.05) is 6.07 Å². The average Bonchev–Trinajstić information content (AvgIpc) is 3.37. The summed E-state index contributed by atoms with van der Waals surface area (Å²) >= 11 is 0.978. The number of aromatic nitrogens is 1. The first-order valence-electron chi connectivity index (χ1n) is 9.95. The van der Waals surface area contributed by atoms with E-state index in [4.69, 9.17) is 5.73 Å². The number of hydrogen-bond acceptors (Lipinski definition) is 8. The van der Waals surface area contributed by atoms with E-state index in [1.54, 1.807) is 23.3 Å². The summed E-state index contributed by atoms with van der Waals surface area (Å²) in [6.07, 6.45) is 3.55. The number of thiophene rings is 1. The third-order valence-corrected chi connectivity index (χ3v) is 5.99. The molecule has 0 saturated carbocycles. The Morgan fingerprint density at radius 2 is 2.00 bits per heavy atom. The fourth-order valence-corrected chi connectivity index (χ4v) is 4.38. The highest BCUT2D eigenvalue weighted by molar-refractivity contribution is 7.20. The SMILES string of the molecule is CC(C)(O)c1cc(F)c(-c2cc(C(N)=O)c(Nc3cccc(CN4C=CNN4)n3)s2)c(F)c1. The number of hydrogen-bond donors (Lipinski definition) is 5. The standard InChI is InChI=1S/C22H22F2N6O2S/c1-22(2,32)12-8-15(23)19(16(24)9-12)17-10-14(20(25)31)21(33-17)28-18-5-3-4-13(27-18)11-30-7-6-26-29-30/h3-10,26,29,32H,11H2,1-2H3,(H2,25,31)(H,27,28). The Morgan fingerprint density at radius 3 is 2.61 bits per heavy atom. The van der Waals surface area contributed by atoms with Crippen molar-refractivity contribution < 1.29 is 18.7 Å². The Bertz CT molecular complexity index is 1210. The number of benzene rings is 1. The summed E-state index contributed by atoms with van der Waals surface area (Å²) in [6, 6.07) is 8.84. The second-order valence-corrected chi connectivity index (χ2v) is 8.98. The van der Waals surface area contributed by atoms with Crippen molar-refractivity contribution in [3.05, 3.63) is 77.3 Å². The van der Waals surface area contributed by atoms with Gasteiger partial charge in [0.1, 0.15) is 22.5 Å². The van der Waals surface area contributed by atoms with Crippen LogP contribution in [-0.2, 0) is 12.1 Å². The molecule has 11 heteroatoms. The molecule has 2 aromatic heterocycles. The zero-order valence-corrected chi connectivity index (χ0v) is 18.6. The van der Waals surface area contributed by atoms with Crippen molar-refractivity contribution >= 4 is 28.1 Å². The summed E-state index contributed by atoms with van der Waals surface area (Å²) in [5.41, 5.74) is 10.5. The average molecular weight is 473 g/mol. The Kier molecular flexibility index (Phi) is 6.02. The lowest BCUT2D eigenvalue weighted by Gasteiger charge is -2.18. The number of anilines is 2. The molecule has 0 fully saturated rings. The van der Waals surface area contributed by atoms with E-state index in [9.17, 15) is 18.7 Å². The molecule has 0 spiro atoms. The predicted molar refractivity (Wildman–Crippen MR) is 122 cm³/mol. The van der Waals surface area contributed by atoms with Gasteiger partial charge in [0, 0.05) is 17.3 Å². The third kappa shape index (κ3) is 4.95. The van der Waals surface area contributed by atoms with Crippen molar-refractivity contribution in [3.8, 4) is 10.4 Å². The van der Waals surface area contributed by atoms with Crippen molar-refractivity contribution in [2.75, 3.05) is 5.32 Å². The summed E-state index contributed by atoms with van der Waals surface area (Å²) in [4.78, 5) is 16.7. The summed E-state index contributed by atoms with van der Waals surface area (Å²) in [6.45, 7) is 3.35. The van der Waals surface area contributed by atoms with Gasteiger partial charge in [0.15, 0.2) is 0 Å². The van der Waals surface area contributed by atoms with Crippen LogP contribution < -0.4 is 22.0 Å². The van der Waals surface area contributed by atoms with Crippen LogP contribution in [0.3, 0.4) is 0 Å². The highest BCUT2D eigenvalue weighted by Crippen LogP contribution is 2.40. The minimum absolute atomic E-state index is 0.0842. The summed E-state index contributed by atoms with van der Waals surface area (Å²) in [7, 11) is 0. The number of rotatable bonds is 7. The number of halogens is 2. The van der Waals surface area contributed by atoms with Gasteiger partial charge >= 0.3 is 0 Å². The minimum atomic E-state index is -1.41. The quantitative estimate of drug-likeness (QED) is 0.358. The zero-order chi connectivity index (χ0) is 23.8. The van der Waals surface area contributed by atoms with E-state index in [-0.39, 0.29) is 21.6 Å². The lowest BCUT2D eigenvalue weighted by atomic mass is 9.96. The number of nitrogens with two attached hydrogens (primary N) is 1. The van der Waals surface area contributed by atoms with Gasteiger partial charge < -0.3 is 21.6 Å². The maximum Gasteiger partial charge on any atom is 0.251 e. The van der Waals surface area contributed by atoms with Gasteiger partial charge in [0.05, 0.1) is 29.0 Å². The van der Waals surface area contributed by atoms with Crippen LogP contribution >= 0.6 is 11.3 Å². The second-order valence-electron chi connectivity index (χ2n) is 7.93. The molecular weight excluding hydrogens is 450 g/mol. The number of primary amides is 1. The van der Waals surface area contributed by atoms with Gasteiger partial charge in [-0.05, 0) is 49.7 Å². The van der Waals surface area contributed by atoms with E-state index < -0.39 is 23.1 Å². The first kappa shape index (κ1) is 22.6. The van der Waals surface area contributed by atoms with Crippen molar-refractivity contribution in [2.24, 2.45) is 5.73 Å². The molecule has 1 aliphatic heterocycles. The van der Waals surface area contributed by atoms with E-state index in [2.05, 4.69) is 21.3 Å². The largest absolute Gasteiger partial charge is 0.386 e. The molecule has 1 aromatic carbocycles. The Labute approximate surface area is 192 Å². The van der Waals surface area contributed by atoms with Crippen molar-refractivity contribution in [1.29, 1.82) is 0 Å². The molecule has 1 aliphatic rings. The predicted octanol–water partition coefficient (Wildman–Crippen LogP) is 3.45. The number of aliphatic hydroxyl groups is 1. The molecule has 0 aliphatic carbocycles. The maximum absolute atomic E-state index is 14.8. The number of carbonyl (C=O) groups is 1. The minimum Gasteiger partial charge on any atom is -0.386 e. The van der Waals surface area contributed by atoms with Crippen LogP contribution in [0, 0.1) is 11.6 Å². The van der Waals surface area contributed by atoms with Crippen molar-refractivity contribution in [3.63, 3.8) is 0 Å². The summed E-state index contributed by atoms with van der Waals surface area (Å²) in [5, 5.41) is 15.2. The van der Waals surface area contributed by atoms with Gasteiger partial charge in [-0.2, -0.15) is 0 Å². The van der Waals surface area contributed by atoms with Gasteiger partial charge in [0.25, 0.3) is 5.91 Å². The molecule has 33 heavy (non-hydrogen) atoms. The molecule has 0 unspecified atom stereocenters. The number of nitrogens with one attached hydrogen (secondary N) is 3. The first-order chi connectivity index (χ1) is 15.6. The van der Waals surface area contributed by atoms with Crippen LogP contribution in [0.2, 0.25) is 0 Å². The van der Waals surface area contributed by atoms with Gasteiger partial charge in [0.2, 0.25) is 0 Å². The molecule has 0 atom stereocenters. The van der Waals surface area contributed by atoms with Crippen LogP contribution in [0.4, 0.5) is 19.6 Å². The molecule has 1 amide bonds. The zero-order valence-electron chi connectivity index (χ0n) is 17.8. The van der Waals surface area contributed by atoms with E-state index in [1.807, 2.05) is 12.3 Å². The topological polar surface area (TPSA) is 116 Å². The number of carbonyl (C=O) groups excluding carboxylic acids is 1. The first-order valence-corrected chi connectivity index (χ1v) is 10.8. The monoisotopic (exact) mass is 472 g/mol. The number of nitrogens with zero attached hydrogens (tertiary/aromatic N) is 2. The highest BCUT2D eigenvalue weighted by atomic mass is 32.1. The van der Waals surface area contributed by atoms with E-state index in [0.29, 0.717) is 17.4 Å². The van der Waals surface area contributed by atoms with E-state index in [1.165, 1.54) is 19.9 Å². The summed E-state index contributed by atoms with van der Waals surface area (Å²) < 4.78 is 29.7. The van der Waals surface area contributed by atoms with Crippen LogP contribution in [0.1, 0.15) is 35.5 Å². The third-order valence-electron chi connectivity index (χ3n) is 4.92. The maximum atomic E-state index is 14.8. The second kappa shape index (κ2) is 8.77. The lowest BCUT2D eigenvalue weighted by Crippen LogP contribution is -2.35. The number of hydrazine groups is 2. The van der Waals surface area contributed by atoms with Gasteiger partial charge in [-0.15, -0.1) is 16.9 Å². The Morgan fingerprint density at radius 1 is 1.27 bits per heavy atom. The van der Waals surface area contributed by atoms with E-state index >= 15 is 0 Å². The number of pyridine rings is 1. The van der Waals surface area contributed by atoms with Gasteiger partial charge in [-0.3, -0.25) is 9.80 Å². The molecule has 3 aromatic rings. The fraction of sp³-hybridized carbons (Fsp3) is 0.182. The highest BCUT2D eigenvalue weighted by Gasteiger charge is 2.24. The number of amides is 1. The van der Waals surface area contributed by atoms with Crippen LogP contribution in [0.15, 0.2) is 48.8 Å². The molecule has 0 saturated heterocycles. The molecule has 3 heterocycles. The fourth-order valence-electron chi connectivity index (χ4n) is 3.26. The molecule has 0 bridgehead atoms. The molecule has 0 radical (unpaired) electrons. The van der Waals surface area contributed by atoms with E-state index in [0.717, 1.165) is 29.2 Å². The van der Waals surface area contributed by atoms with Crippen molar-refractivity contribution in [2.45, 2.75) is 26.0 Å².